The van der Waals surface area contributed by atoms with Crippen LogP contribution in [0.25, 0.3) is 0 Å². The minimum atomic E-state index is -1.20. The van der Waals surface area contributed by atoms with E-state index >= 15 is 0 Å². The van der Waals surface area contributed by atoms with Crippen molar-refractivity contribution in [3.63, 3.8) is 0 Å². The highest BCUT2D eigenvalue weighted by atomic mass is 16.6. The van der Waals surface area contributed by atoms with E-state index in [1.165, 1.54) is 12.2 Å². The van der Waals surface area contributed by atoms with Gasteiger partial charge in [-0.1, -0.05) is 19.1 Å². The first-order chi connectivity index (χ1) is 6.93. The Kier molecular flexibility index (Phi) is 3.21. The predicted molar refractivity (Wildman–Crippen MR) is 52.8 cm³/mol. The largest absolute Gasteiger partial charge is 0.480 e. The van der Waals surface area contributed by atoms with E-state index < -0.39 is 23.0 Å². The first-order valence-electron chi connectivity index (χ1n) is 4.45. The second-order valence-electron chi connectivity index (χ2n) is 3.48. The number of nitrogens with zero attached hydrogens (tertiary/aromatic N) is 1. The molecule has 0 spiro atoms. The quantitative estimate of drug-likeness (QED) is 0.512. The molecule has 3 N–H and O–H groups in total. The molecule has 82 valence electrons. The molecule has 0 aromatic heterocycles. The molecule has 6 heteroatoms. The van der Waals surface area contributed by atoms with Gasteiger partial charge in [-0.15, -0.1) is 0 Å². The molecule has 0 saturated carbocycles. The Hall–Kier alpha value is -1.69. The summed E-state index contributed by atoms with van der Waals surface area (Å²) in [6, 6.07) is -2.09. The summed E-state index contributed by atoms with van der Waals surface area (Å²) in [6.07, 6.45) is 4.44. The second kappa shape index (κ2) is 4.22. The lowest BCUT2D eigenvalue weighted by Crippen LogP contribution is -2.35. The van der Waals surface area contributed by atoms with Gasteiger partial charge in [0.2, 0.25) is 6.04 Å². The van der Waals surface area contributed by atoms with Gasteiger partial charge in [-0.05, 0) is 11.6 Å². The van der Waals surface area contributed by atoms with Gasteiger partial charge in [-0.3, -0.25) is 14.9 Å². The minimum Gasteiger partial charge on any atom is -0.480 e. The van der Waals surface area contributed by atoms with E-state index in [1.54, 1.807) is 13.0 Å². The number of nitro groups is 1. The van der Waals surface area contributed by atoms with E-state index in [4.69, 9.17) is 10.8 Å². The standard InChI is InChI=1S/C9H12N2O4/c1-5-2-3-6(8(10)9(12)13)4-7(5)11(14)15/h2-5,7-8H,10H2,1H3,(H,12,13). The van der Waals surface area contributed by atoms with Gasteiger partial charge in [0.05, 0.1) is 0 Å². The van der Waals surface area contributed by atoms with Crippen molar-refractivity contribution in [2.24, 2.45) is 11.7 Å². The summed E-state index contributed by atoms with van der Waals surface area (Å²) in [6.45, 7) is 1.70. The summed E-state index contributed by atoms with van der Waals surface area (Å²) < 4.78 is 0. The topological polar surface area (TPSA) is 106 Å². The Morgan fingerprint density at radius 1 is 1.73 bits per heavy atom. The maximum Gasteiger partial charge on any atom is 0.325 e. The van der Waals surface area contributed by atoms with Crippen LogP contribution < -0.4 is 5.73 Å². The van der Waals surface area contributed by atoms with Crippen molar-refractivity contribution in [2.45, 2.75) is 19.0 Å². The molecule has 3 atom stereocenters. The van der Waals surface area contributed by atoms with Crippen molar-refractivity contribution in [3.05, 3.63) is 33.9 Å². The maximum atomic E-state index is 10.6. The Morgan fingerprint density at radius 3 is 2.80 bits per heavy atom. The molecule has 3 unspecified atom stereocenters. The van der Waals surface area contributed by atoms with E-state index in [0.29, 0.717) is 0 Å². The van der Waals surface area contributed by atoms with Gasteiger partial charge < -0.3 is 10.8 Å². The molecule has 0 bridgehead atoms. The van der Waals surface area contributed by atoms with Crippen LogP contribution in [0.5, 0.6) is 0 Å². The van der Waals surface area contributed by atoms with E-state index in [0.717, 1.165) is 0 Å². The zero-order valence-corrected chi connectivity index (χ0v) is 8.16. The molecule has 0 saturated heterocycles. The third-order valence-electron chi connectivity index (χ3n) is 2.36. The van der Waals surface area contributed by atoms with Crippen LogP contribution in [0, 0.1) is 16.0 Å². The number of hydrogen-bond donors (Lipinski definition) is 2. The zero-order valence-electron chi connectivity index (χ0n) is 8.16. The Morgan fingerprint density at radius 2 is 2.33 bits per heavy atom. The first-order valence-corrected chi connectivity index (χ1v) is 4.45. The molecule has 0 aliphatic heterocycles. The molecule has 0 amide bonds. The average Bonchev–Trinajstić information content (AvgIpc) is 2.16. The fourth-order valence-electron chi connectivity index (χ4n) is 1.38. The zero-order chi connectivity index (χ0) is 11.6. The number of carbonyl (C=O) groups is 1. The molecule has 0 aromatic rings. The third-order valence-corrected chi connectivity index (χ3v) is 2.36. The van der Waals surface area contributed by atoms with Crippen LogP contribution in [0.15, 0.2) is 23.8 Å². The summed E-state index contributed by atoms with van der Waals surface area (Å²) in [5.74, 6) is -1.44. The number of carboxylic acids is 1. The number of carboxylic acid groups (broad SMARTS) is 1. The fraction of sp³-hybridized carbons (Fsp3) is 0.444. The normalized spacial score (nSPS) is 26.9. The van der Waals surface area contributed by atoms with E-state index in [2.05, 4.69) is 0 Å². The molecule has 0 heterocycles. The Bertz CT molecular complexity index is 348. The van der Waals surface area contributed by atoms with Crippen molar-refractivity contribution in [1.82, 2.24) is 0 Å². The van der Waals surface area contributed by atoms with Gasteiger partial charge in [-0.25, -0.2) is 0 Å². The lowest BCUT2D eigenvalue weighted by atomic mass is 9.91. The highest BCUT2D eigenvalue weighted by Crippen LogP contribution is 2.20. The van der Waals surface area contributed by atoms with Gasteiger partial charge in [0, 0.05) is 10.8 Å². The van der Waals surface area contributed by atoms with Crippen LogP contribution in [0.2, 0.25) is 0 Å². The predicted octanol–water partition coefficient (Wildman–Crippen LogP) is 0.176. The van der Waals surface area contributed by atoms with Gasteiger partial charge in [0.25, 0.3) is 0 Å². The van der Waals surface area contributed by atoms with Crippen LogP contribution in [-0.4, -0.2) is 28.1 Å². The molecule has 1 rings (SSSR count). The summed E-state index contributed by atoms with van der Waals surface area (Å²) in [4.78, 5) is 20.8. The molecular formula is C9H12N2O4. The van der Waals surface area contributed by atoms with Gasteiger partial charge in [0.15, 0.2) is 0 Å². The van der Waals surface area contributed by atoms with E-state index in [9.17, 15) is 14.9 Å². The SMILES string of the molecule is CC1C=CC(C(N)C(=O)O)=CC1[N+](=O)[O-]. The van der Waals surface area contributed by atoms with E-state index in [-0.39, 0.29) is 11.5 Å². The van der Waals surface area contributed by atoms with Gasteiger partial charge in [0.1, 0.15) is 6.04 Å². The molecule has 0 fully saturated rings. The smallest absolute Gasteiger partial charge is 0.325 e. The third kappa shape index (κ3) is 2.41. The summed E-state index contributed by atoms with van der Waals surface area (Å²) in [5, 5.41) is 19.3. The molecule has 1 aliphatic carbocycles. The monoisotopic (exact) mass is 212 g/mol. The molecule has 0 aromatic carbocycles. The summed E-state index contributed by atoms with van der Waals surface area (Å²) >= 11 is 0. The Balaban J connectivity index is 2.93. The number of rotatable bonds is 3. The van der Waals surface area contributed by atoms with Gasteiger partial charge >= 0.3 is 5.97 Å². The first kappa shape index (κ1) is 11.4. The molecule has 0 radical (unpaired) electrons. The Labute approximate surface area is 86.2 Å². The molecular weight excluding hydrogens is 200 g/mol. The number of hydrogen-bond acceptors (Lipinski definition) is 4. The van der Waals surface area contributed by atoms with Crippen LogP contribution in [0.1, 0.15) is 6.92 Å². The van der Waals surface area contributed by atoms with Crippen molar-refractivity contribution < 1.29 is 14.8 Å². The highest BCUT2D eigenvalue weighted by Gasteiger charge is 2.29. The van der Waals surface area contributed by atoms with Crippen LogP contribution in [0.4, 0.5) is 0 Å². The van der Waals surface area contributed by atoms with Crippen LogP contribution in [-0.2, 0) is 4.79 Å². The second-order valence-corrected chi connectivity index (χ2v) is 3.48. The summed E-state index contributed by atoms with van der Waals surface area (Å²) in [5.41, 5.74) is 5.64. The maximum absolute atomic E-state index is 10.6. The molecule has 15 heavy (non-hydrogen) atoms. The van der Waals surface area contributed by atoms with Crippen molar-refractivity contribution >= 4 is 5.97 Å². The van der Waals surface area contributed by atoms with E-state index in [1.807, 2.05) is 0 Å². The lowest BCUT2D eigenvalue weighted by Gasteiger charge is -2.18. The highest BCUT2D eigenvalue weighted by molar-refractivity contribution is 5.78. The van der Waals surface area contributed by atoms with Crippen molar-refractivity contribution in [3.8, 4) is 0 Å². The lowest BCUT2D eigenvalue weighted by molar-refractivity contribution is -0.515. The summed E-state index contributed by atoms with van der Waals surface area (Å²) in [7, 11) is 0. The number of nitrogens with two attached hydrogens (primary N) is 1. The van der Waals surface area contributed by atoms with Crippen molar-refractivity contribution in [1.29, 1.82) is 0 Å². The fourth-order valence-corrected chi connectivity index (χ4v) is 1.38. The van der Waals surface area contributed by atoms with Crippen molar-refractivity contribution in [2.75, 3.05) is 0 Å². The molecule has 6 nitrogen and oxygen atoms in total. The van der Waals surface area contributed by atoms with Gasteiger partial charge in [-0.2, -0.15) is 0 Å². The number of aliphatic carboxylic acids is 1. The van der Waals surface area contributed by atoms with Crippen LogP contribution >= 0.6 is 0 Å². The average molecular weight is 212 g/mol. The van der Waals surface area contributed by atoms with Crippen LogP contribution in [0.3, 0.4) is 0 Å². The molecule has 1 aliphatic rings. The minimum absolute atomic E-state index is 0.246.